The molecule has 0 spiro atoms. The number of hydrogen-bond acceptors (Lipinski definition) is 9. The number of esters is 2. The predicted octanol–water partition coefficient (Wildman–Crippen LogP) is 6.19. The number of nitro benzene ring substituents is 1. The summed E-state index contributed by atoms with van der Waals surface area (Å²) in [6, 6.07) is 14.1. The molecule has 0 amide bonds. The maximum absolute atomic E-state index is 13.3. The van der Waals surface area contributed by atoms with E-state index in [0.717, 1.165) is 30.5 Å². The van der Waals surface area contributed by atoms with Crippen LogP contribution < -0.4 is 10.1 Å². The van der Waals surface area contributed by atoms with Gasteiger partial charge in [-0.25, -0.2) is 9.59 Å². The van der Waals surface area contributed by atoms with E-state index < -0.39 is 22.8 Å². The number of nitro groups is 1. The largest absolute Gasteiger partial charge is 0.477 e. The number of aryl methyl sites for hydroxylation is 2. The first-order valence-corrected chi connectivity index (χ1v) is 14.5. The van der Waals surface area contributed by atoms with Crippen molar-refractivity contribution in [3.8, 4) is 17.1 Å². The zero-order valence-electron chi connectivity index (χ0n) is 25.7. The van der Waals surface area contributed by atoms with Crippen LogP contribution in [-0.2, 0) is 19.1 Å². The number of unbranched alkanes of at least 4 members (excludes halogenated alkanes) is 3. The van der Waals surface area contributed by atoms with Gasteiger partial charge in [0.2, 0.25) is 5.88 Å². The second-order valence-corrected chi connectivity index (χ2v) is 10.8. The molecule has 0 saturated heterocycles. The lowest BCUT2D eigenvalue weighted by molar-refractivity contribution is -0.384. The van der Waals surface area contributed by atoms with Crippen molar-refractivity contribution in [3.05, 3.63) is 97.9 Å². The van der Waals surface area contributed by atoms with Gasteiger partial charge in [0.1, 0.15) is 0 Å². The first-order chi connectivity index (χ1) is 21.1. The summed E-state index contributed by atoms with van der Waals surface area (Å²) in [5.74, 6) is -1.57. The van der Waals surface area contributed by atoms with E-state index in [9.17, 15) is 19.7 Å². The van der Waals surface area contributed by atoms with Crippen LogP contribution in [0.15, 0.2) is 71.1 Å². The summed E-state index contributed by atoms with van der Waals surface area (Å²) in [7, 11) is 1.25. The molecular weight excluding hydrogens is 564 g/mol. The quantitative estimate of drug-likeness (QED) is 0.101. The van der Waals surface area contributed by atoms with Gasteiger partial charge < -0.3 is 19.5 Å². The molecule has 2 aromatic carbocycles. The van der Waals surface area contributed by atoms with Crippen molar-refractivity contribution in [1.82, 2.24) is 15.5 Å². The molecular formula is C33H38N4O7. The highest BCUT2D eigenvalue weighted by molar-refractivity contribution is 5.99. The van der Waals surface area contributed by atoms with Crippen molar-refractivity contribution < 1.29 is 28.7 Å². The zero-order chi connectivity index (χ0) is 31.8. The van der Waals surface area contributed by atoms with Crippen LogP contribution in [0, 0.1) is 24.0 Å². The second-order valence-electron chi connectivity index (χ2n) is 10.8. The summed E-state index contributed by atoms with van der Waals surface area (Å²) in [5.41, 5.74) is 6.07. The van der Waals surface area contributed by atoms with E-state index in [1.54, 1.807) is 19.9 Å². The van der Waals surface area contributed by atoms with E-state index in [0.29, 0.717) is 35.9 Å². The number of hydrogen-bond donors (Lipinski definition) is 2. The molecule has 0 aliphatic carbocycles. The summed E-state index contributed by atoms with van der Waals surface area (Å²) < 4.78 is 16.4. The van der Waals surface area contributed by atoms with E-state index in [1.807, 2.05) is 6.07 Å². The first kappa shape index (κ1) is 32.0. The fourth-order valence-electron chi connectivity index (χ4n) is 5.40. The van der Waals surface area contributed by atoms with E-state index in [-0.39, 0.29) is 23.4 Å². The summed E-state index contributed by atoms with van der Waals surface area (Å²) in [5, 5.41) is 21.8. The molecule has 4 rings (SSSR count). The molecule has 1 aliphatic rings. The number of benzene rings is 2. The third kappa shape index (κ3) is 7.52. The molecule has 1 unspecified atom stereocenters. The van der Waals surface area contributed by atoms with Crippen LogP contribution >= 0.6 is 0 Å². The normalized spacial score (nSPS) is 14.7. The van der Waals surface area contributed by atoms with Gasteiger partial charge in [-0.3, -0.25) is 15.2 Å². The number of non-ortho nitro benzene ring substituents is 1. The minimum Gasteiger partial charge on any atom is -0.477 e. The van der Waals surface area contributed by atoms with Gasteiger partial charge in [-0.2, -0.15) is 0 Å². The Morgan fingerprint density at radius 3 is 2.30 bits per heavy atom. The van der Waals surface area contributed by atoms with Gasteiger partial charge in [0.05, 0.1) is 48.0 Å². The lowest BCUT2D eigenvalue weighted by atomic mass is 9.80. The number of carbonyl (C=O) groups excluding carboxylic acids is 2. The highest BCUT2D eigenvalue weighted by atomic mass is 16.6. The number of aromatic nitrogens is 2. The smallest absolute Gasteiger partial charge is 0.336 e. The Balaban J connectivity index is 1.29. The average Bonchev–Trinajstić information content (AvgIpc) is 3.46. The number of H-pyrrole nitrogens is 1. The molecule has 0 bridgehead atoms. The number of carbonyl (C=O) groups is 2. The van der Waals surface area contributed by atoms with Crippen molar-refractivity contribution in [2.75, 3.05) is 20.3 Å². The lowest BCUT2D eigenvalue weighted by Gasteiger charge is -2.30. The number of allylic oxidation sites excluding steroid dienone is 2. The first-order valence-electron chi connectivity index (χ1n) is 14.5. The topological polar surface area (TPSA) is 146 Å². The SMILES string of the molecule is COC(=O)C1=C(C)NC(C)=C(C(=O)OCCCCCCOc2cc(-c3ccc(C)cc3C)[nH]n2)C1c1cccc([N+](=O)[O-])c1. The molecule has 3 aromatic rings. The number of methoxy groups -OCH3 is 1. The number of dihydropyridines is 1. The van der Waals surface area contributed by atoms with Crippen molar-refractivity contribution in [1.29, 1.82) is 0 Å². The van der Waals surface area contributed by atoms with Gasteiger partial charge in [0.15, 0.2) is 0 Å². The predicted molar refractivity (Wildman–Crippen MR) is 165 cm³/mol. The Hall–Kier alpha value is -4.93. The summed E-state index contributed by atoms with van der Waals surface area (Å²) >= 11 is 0. The molecule has 11 heteroatoms. The van der Waals surface area contributed by atoms with E-state index >= 15 is 0 Å². The average molecular weight is 603 g/mol. The third-order valence-corrected chi connectivity index (χ3v) is 7.55. The van der Waals surface area contributed by atoms with Crippen molar-refractivity contribution in [2.24, 2.45) is 0 Å². The number of aromatic amines is 1. The van der Waals surface area contributed by atoms with Gasteiger partial charge in [-0.15, -0.1) is 5.10 Å². The standard InChI is InChI=1S/C33H38N4O7/c1-20-13-14-26(21(2)17-20)27-19-28(36-35-27)43-15-8-6-7-9-16-44-33(39)30-23(4)34-22(3)29(32(38)42-5)31(30)24-11-10-12-25(18-24)37(40)41/h10-14,17-19,31,34H,6-9,15-16H2,1-5H3,(H,35,36). The van der Waals surface area contributed by atoms with Crippen LogP contribution in [0.5, 0.6) is 5.88 Å². The Kier molecular flexibility index (Phi) is 10.5. The molecule has 0 fully saturated rings. The molecule has 44 heavy (non-hydrogen) atoms. The van der Waals surface area contributed by atoms with Crippen LogP contribution in [0.3, 0.4) is 0 Å². The van der Waals surface area contributed by atoms with Crippen LogP contribution in [0.1, 0.15) is 62.1 Å². The lowest BCUT2D eigenvalue weighted by Crippen LogP contribution is -2.32. The second kappa shape index (κ2) is 14.5. The highest BCUT2D eigenvalue weighted by Crippen LogP contribution is 2.40. The monoisotopic (exact) mass is 602 g/mol. The van der Waals surface area contributed by atoms with Gasteiger partial charge in [0, 0.05) is 35.2 Å². The van der Waals surface area contributed by atoms with Crippen molar-refractivity contribution in [2.45, 2.75) is 59.3 Å². The van der Waals surface area contributed by atoms with E-state index in [4.69, 9.17) is 14.2 Å². The zero-order valence-corrected chi connectivity index (χ0v) is 25.7. The summed E-state index contributed by atoms with van der Waals surface area (Å²) in [4.78, 5) is 37.1. The molecule has 0 saturated carbocycles. The molecule has 0 radical (unpaired) electrons. The Bertz CT molecular complexity index is 1600. The third-order valence-electron chi connectivity index (χ3n) is 7.55. The number of nitrogens with zero attached hydrogens (tertiary/aromatic N) is 2. The van der Waals surface area contributed by atoms with Crippen LogP contribution in [-0.4, -0.2) is 47.4 Å². The maximum atomic E-state index is 13.3. The molecule has 11 nitrogen and oxygen atoms in total. The van der Waals surface area contributed by atoms with Gasteiger partial charge in [-0.05, 0) is 64.5 Å². The van der Waals surface area contributed by atoms with Crippen LogP contribution in [0.4, 0.5) is 5.69 Å². The molecule has 2 N–H and O–H groups in total. The summed E-state index contributed by atoms with van der Waals surface area (Å²) in [6.07, 6.45) is 3.15. The molecule has 2 heterocycles. The molecule has 1 aromatic heterocycles. The fraction of sp³-hybridized carbons (Fsp3) is 0.364. The summed E-state index contributed by atoms with van der Waals surface area (Å²) in [6.45, 7) is 8.24. The Morgan fingerprint density at radius 1 is 0.909 bits per heavy atom. The van der Waals surface area contributed by atoms with Crippen molar-refractivity contribution >= 4 is 17.6 Å². The number of rotatable bonds is 13. The van der Waals surface area contributed by atoms with Crippen LogP contribution in [0.2, 0.25) is 0 Å². The minimum atomic E-state index is -0.884. The maximum Gasteiger partial charge on any atom is 0.336 e. The highest BCUT2D eigenvalue weighted by Gasteiger charge is 2.38. The molecule has 1 atom stereocenters. The number of ether oxygens (including phenoxy) is 3. The van der Waals surface area contributed by atoms with Gasteiger partial charge in [0.25, 0.3) is 5.69 Å². The Labute approximate surface area is 256 Å². The van der Waals surface area contributed by atoms with Gasteiger partial charge >= 0.3 is 11.9 Å². The van der Waals surface area contributed by atoms with Gasteiger partial charge in [-0.1, -0.05) is 35.9 Å². The van der Waals surface area contributed by atoms with Crippen molar-refractivity contribution in [3.63, 3.8) is 0 Å². The molecule has 232 valence electrons. The van der Waals surface area contributed by atoms with E-state index in [1.165, 1.54) is 36.4 Å². The molecule has 1 aliphatic heterocycles. The van der Waals surface area contributed by atoms with Crippen LogP contribution in [0.25, 0.3) is 11.3 Å². The fourth-order valence-corrected chi connectivity index (χ4v) is 5.40. The van der Waals surface area contributed by atoms with E-state index in [2.05, 4.69) is 47.6 Å². The minimum absolute atomic E-state index is 0.147. The Morgan fingerprint density at radius 2 is 1.61 bits per heavy atom. The number of nitrogens with one attached hydrogen (secondary N) is 2.